The van der Waals surface area contributed by atoms with Gasteiger partial charge in [0.1, 0.15) is 4.90 Å². The summed E-state index contributed by atoms with van der Waals surface area (Å²) in [5.74, 6) is 0.156. The average Bonchev–Trinajstić information content (AvgIpc) is 3.77. The number of rotatable bonds is 8. The maximum absolute atomic E-state index is 14.1. The molecule has 2 aliphatic rings. The molecule has 4 aromatic rings. The van der Waals surface area contributed by atoms with Crippen molar-refractivity contribution < 1.29 is 13.2 Å². The molecule has 0 bridgehead atoms. The Bertz CT molecular complexity index is 1690. The van der Waals surface area contributed by atoms with Crippen LogP contribution >= 0.6 is 11.6 Å². The van der Waals surface area contributed by atoms with E-state index in [9.17, 15) is 13.2 Å². The number of anilines is 1. The number of hydrogen-bond acceptors (Lipinski definition) is 4. The highest BCUT2D eigenvalue weighted by Crippen LogP contribution is 2.49. The Morgan fingerprint density at radius 2 is 1.78 bits per heavy atom. The van der Waals surface area contributed by atoms with E-state index in [4.69, 9.17) is 11.6 Å². The van der Waals surface area contributed by atoms with Crippen LogP contribution in [0.3, 0.4) is 0 Å². The largest absolute Gasteiger partial charge is 0.306 e. The number of carbonyl (C=O) groups is 1. The van der Waals surface area contributed by atoms with Crippen molar-refractivity contribution in [2.24, 2.45) is 5.92 Å². The van der Waals surface area contributed by atoms with Gasteiger partial charge in [-0.05, 0) is 91.6 Å². The molecular formula is C33H32ClN3O3S. The van der Waals surface area contributed by atoms with Crippen LogP contribution in [0.2, 0.25) is 5.02 Å². The third-order valence-corrected chi connectivity index (χ3v) is 10.0. The molecule has 2 aliphatic carbocycles. The first-order valence-electron chi connectivity index (χ1n) is 14.0. The number of benzene rings is 3. The summed E-state index contributed by atoms with van der Waals surface area (Å²) in [6, 6.07) is 28.1. The second-order valence-corrected chi connectivity index (χ2v) is 13.0. The van der Waals surface area contributed by atoms with Crippen LogP contribution in [0, 0.1) is 12.8 Å². The van der Waals surface area contributed by atoms with Crippen molar-refractivity contribution in [3.05, 3.63) is 124 Å². The highest BCUT2D eigenvalue weighted by atomic mass is 35.5. The number of sulfonamides is 1. The van der Waals surface area contributed by atoms with Crippen molar-refractivity contribution in [1.29, 1.82) is 0 Å². The number of nitrogens with zero attached hydrogens (tertiary/aromatic N) is 2. The predicted molar refractivity (Wildman–Crippen MR) is 161 cm³/mol. The lowest BCUT2D eigenvalue weighted by molar-refractivity contribution is -0.120. The molecule has 0 radical (unpaired) electrons. The molecule has 6 nitrogen and oxygen atoms in total. The van der Waals surface area contributed by atoms with Gasteiger partial charge in [-0.15, -0.1) is 0 Å². The topological polar surface area (TPSA) is 79.4 Å². The lowest BCUT2D eigenvalue weighted by Crippen LogP contribution is -2.34. The number of halogens is 1. The van der Waals surface area contributed by atoms with Crippen molar-refractivity contribution in [2.45, 2.75) is 56.0 Å². The summed E-state index contributed by atoms with van der Waals surface area (Å²) < 4.78 is 29.6. The van der Waals surface area contributed by atoms with Gasteiger partial charge in [0.05, 0.1) is 17.3 Å². The van der Waals surface area contributed by atoms with E-state index in [2.05, 4.69) is 21.8 Å². The zero-order chi connectivity index (χ0) is 28.6. The summed E-state index contributed by atoms with van der Waals surface area (Å²) in [4.78, 5) is 20.6. The fourth-order valence-electron chi connectivity index (χ4n) is 5.87. The molecule has 3 unspecified atom stereocenters. The van der Waals surface area contributed by atoms with Crippen molar-refractivity contribution in [3.63, 3.8) is 0 Å². The molecule has 0 aliphatic heterocycles. The molecule has 8 heteroatoms. The minimum atomic E-state index is -3.85. The van der Waals surface area contributed by atoms with Crippen molar-refractivity contribution >= 4 is 33.2 Å². The third-order valence-electron chi connectivity index (χ3n) is 8.05. The van der Waals surface area contributed by atoms with E-state index < -0.39 is 16.1 Å². The molecule has 41 heavy (non-hydrogen) atoms. The molecule has 0 saturated heterocycles. The molecular weight excluding hydrogens is 554 g/mol. The first-order chi connectivity index (χ1) is 19.8. The summed E-state index contributed by atoms with van der Waals surface area (Å²) in [6.45, 7) is 2.28. The Hall–Kier alpha value is -3.52. The molecule has 3 aromatic carbocycles. The van der Waals surface area contributed by atoms with E-state index in [1.165, 1.54) is 11.6 Å². The maximum Gasteiger partial charge on any atom is 0.242 e. The number of fused-ring (bicyclic) bond motifs is 1. The first-order valence-corrected chi connectivity index (χ1v) is 15.8. The fraction of sp³-hybridized carbons (Fsp3) is 0.273. The number of carbonyl (C=O) groups excluding carboxylic acids is 1. The van der Waals surface area contributed by atoms with Crippen LogP contribution in [0.25, 0.3) is 0 Å². The minimum Gasteiger partial charge on any atom is -0.306 e. The normalized spacial score (nSPS) is 19.8. The van der Waals surface area contributed by atoms with Crippen LogP contribution in [0.5, 0.6) is 0 Å². The van der Waals surface area contributed by atoms with Gasteiger partial charge in [-0.3, -0.25) is 9.78 Å². The van der Waals surface area contributed by atoms with Crippen LogP contribution in [-0.2, 0) is 27.8 Å². The molecule has 1 amide bonds. The number of pyridine rings is 1. The third kappa shape index (κ3) is 5.94. The molecule has 1 fully saturated rings. The molecule has 3 atom stereocenters. The second-order valence-electron chi connectivity index (χ2n) is 10.9. The molecule has 0 spiro atoms. The Balaban J connectivity index is 1.33. The van der Waals surface area contributed by atoms with Gasteiger partial charge in [0.15, 0.2) is 0 Å². The second kappa shape index (κ2) is 11.4. The summed E-state index contributed by atoms with van der Waals surface area (Å²) in [5, 5.41) is 0.185. The lowest BCUT2D eigenvalue weighted by Gasteiger charge is -2.29. The zero-order valence-corrected chi connectivity index (χ0v) is 24.4. The molecule has 210 valence electrons. The van der Waals surface area contributed by atoms with Crippen molar-refractivity contribution in [1.82, 2.24) is 9.71 Å². The Kier molecular flexibility index (Phi) is 7.68. The van der Waals surface area contributed by atoms with Gasteiger partial charge in [0, 0.05) is 23.3 Å². The predicted octanol–water partition coefficient (Wildman–Crippen LogP) is 6.74. The summed E-state index contributed by atoms with van der Waals surface area (Å²) in [5.41, 5.74) is 5.61. The molecule has 6 rings (SSSR count). The number of hydrogen-bond donors (Lipinski definition) is 1. The molecule has 1 aromatic heterocycles. The van der Waals surface area contributed by atoms with E-state index in [1.807, 2.05) is 66.4 Å². The smallest absolute Gasteiger partial charge is 0.242 e. The molecule has 1 saturated carbocycles. The number of nitrogens with one attached hydrogen (secondary N) is 1. The van der Waals surface area contributed by atoms with Crippen LogP contribution in [0.4, 0.5) is 5.69 Å². The molecule has 1 N–H and O–H groups in total. The number of aryl methyl sites for hydroxylation is 2. The summed E-state index contributed by atoms with van der Waals surface area (Å²) >= 11 is 6.24. The SMILES string of the molecule is Cc1cccc(CN(C(=O)C2CC2c2ccccc2)c2ccc3c(c2)C(NS(=O)(=O)c2ccccc2Cl)CCC3)n1. The van der Waals surface area contributed by atoms with Crippen molar-refractivity contribution in [3.8, 4) is 0 Å². The molecule has 1 heterocycles. The first kappa shape index (κ1) is 27.6. The Labute approximate surface area is 246 Å². The van der Waals surface area contributed by atoms with Gasteiger partial charge in [-0.1, -0.05) is 66.2 Å². The fourth-order valence-corrected chi connectivity index (χ4v) is 7.64. The highest BCUT2D eigenvalue weighted by molar-refractivity contribution is 7.89. The number of aromatic nitrogens is 1. The monoisotopic (exact) mass is 585 g/mol. The van der Waals surface area contributed by atoms with Crippen LogP contribution in [0.15, 0.2) is 95.9 Å². The van der Waals surface area contributed by atoms with Gasteiger partial charge in [-0.25, -0.2) is 13.1 Å². The van der Waals surface area contributed by atoms with Crippen molar-refractivity contribution in [2.75, 3.05) is 4.90 Å². The maximum atomic E-state index is 14.1. The van der Waals surface area contributed by atoms with Crippen LogP contribution < -0.4 is 9.62 Å². The van der Waals surface area contributed by atoms with Gasteiger partial charge >= 0.3 is 0 Å². The van der Waals surface area contributed by atoms with Crippen LogP contribution in [0.1, 0.15) is 59.3 Å². The minimum absolute atomic E-state index is 0.0612. The number of amides is 1. The average molecular weight is 586 g/mol. The Morgan fingerprint density at radius 3 is 2.56 bits per heavy atom. The van der Waals surface area contributed by atoms with Crippen LogP contribution in [-0.4, -0.2) is 19.3 Å². The van der Waals surface area contributed by atoms with Gasteiger partial charge in [0.25, 0.3) is 0 Å². The van der Waals surface area contributed by atoms with E-state index in [0.717, 1.165) is 47.5 Å². The van der Waals surface area contributed by atoms with E-state index >= 15 is 0 Å². The Morgan fingerprint density at radius 1 is 1.00 bits per heavy atom. The lowest BCUT2D eigenvalue weighted by atomic mass is 9.87. The van der Waals surface area contributed by atoms with E-state index in [1.54, 1.807) is 18.2 Å². The van der Waals surface area contributed by atoms with E-state index in [-0.39, 0.29) is 27.7 Å². The summed E-state index contributed by atoms with van der Waals surface area (Å²) in [7, 11) is -3.85. The summed E-state index contributed by atoms with van der Waals surface area (Å²) in [6.07, 6.45) is 3.18. The van der Waals surface area contributed by atoms with E-state index in [0.29, 0.717) is 13.0 Å². The standard InChI is InChI=1S/C33H32ClN3O3S/c1-22-9-7-13-25(35-22)21-37(33(38)29-20-27(29)23-10-3-2-4-11-23)26-18-17-24-12-8-15-31(28(24)19-26)36-41(39,40)32-16-6-5-14-30(32)34/h2-7,9-11,13-14,16-19,27,29,31,36H,8,12,15,20-21H2,1H3. The van der Waals surface area contributed by atoms with Gasteiger partial charge in [-0.2, -0.15) is 0 Å². The highest BCUT2D eigenvalue weighted by Gasteiger charge is 2.46. The van der Waals surface area contributed by atoms with Gasteiger partial charge in [0.2, 0.25) is 15.9 Å². The zero-order valence-electron chi connectivity index (χ0n) is 22.8. The quantitative estimate of drug-likeness (QED) is 0.248. The van der Waals surface area contributed by atoms with Gasteiger partial charge < -0.3 is 4.90 Å².